The molecular weight excluding hydrogens is 284 g/mol. The zero-order valence-corrected chi connectivity index (χ0v) is 13.6. The van der Waals surface area contributed by atoms with E-state index in [0.29, 0.717) is 5.92 Å². The SMILES string of the molecule is CN(C)C(=O)Sc1cccc(CN2CCCC(CO)C2)c1. The van der Waals surface area contributed by atoms with E-state index in [1.165, 1.54) is 17.3 Å². The van der Waals surface area contributed by atoms with E-state index in [4.69, 9.17) is 0 Å². The summed E-state index contributed by atoms with van der Waals surface area (Å²) in [7, 11) is 3.53. The van der Waals surface area contributed by atoms with Crippen LogP contribution >= 0.6 is 11.8 Å². The standard InChI is InChI=1S/C16H24N2O2S/c1-17(2)16(20)21-15-7-3-5-13(9-15)10-18-8-4-6-14(11-18)12-19/h3,5,7,9,14,19H,4,6,8,10-12H2,1-2H3. The Kier molecular flexibility index (Phi) is 6.08. The molecule has 1 aliphatic rings. The summed E-state index contributed by atoms with van der Waals surface area (Å²) in [6.45, 7) is 3.22. The molecule has 0 aromatic heterocycles. The molecule has 0 radical (unpaired) electrons. The number of aliphatic hydroxyl groups is 1. The van der Waals surface area contributed by atoms with Crippen LogP contribution in [0.4, 0.5) is 4.79 Å². The summed E-state index contributed by atoms with van der Waals surface area (Å²) in [5.41, 5.74) is 1.23. The smallest absolute Gasteiger partial charge is 0.285 e. The Morgan fingerprint density at radius 2 is 2.29 bits per heavy atom. The molecule has 0 bridgehead atoms. The largest absolute Gasteiger partial charge is 0.396 e. The van der Waals surface area contributed by atoms with Crippen molar-refractivity contribution < 1.29 is 9.90 Å². The Hall–Kier alpha value is -1.04. The maximum Gasteiger partial charge on any atom is 0.285 e. The highest BCUT2D eigenvalue weighted by Gasteiger charge is 2.19. The van der Waals surface area contributed by atoms with Crippen LogP contribution in [-0.4, -0.2) is 53.9 Å². The summed E-state index contributed by atoms with van der Waals surface area (Å²) in [5, 5.41) is 9.34. The van der Waals surface area contributed by atoms with Crippen molar-refractivity contribution in [1.29, 1.82) is 0 Å². The maximum absolute atomic E-state index is 11.7. The van der Waals surface area contributed by atoms with Gasteiger partial charge in [-0.1, -0.05) is 12.1 Å². The fourth-order valence-electron chi connectivity index (χ4n) is 2.60. The minimum absolute atomic E-state index is 0.0467. The monoisotopic (exact) mass is 308 g/mol. The normalized spacial score (nSPS) is 19.5. The van der Waals surface area contributed by atoms with Gasteiger partial charge in [0.15, 0.2) is 0 Å². The second kappa shape index (κ2) is 7.82. The van der Waals surface area contributed by atoms with Crippen molar-refractivity contribution in [3.63, 3.8) is 0 Å². The van der Waals surface area contributed by atoms with Crippen molar-refractivity contribution in [2.45, 2.75) is 24.3 Å². The van der Waals surface area contributed by atoms with E-state index < -0.39 is 0 Å². The van der Waals surface area contributed by atoms with Gasteiger partial charge in [-0.3, -0.25) is 9.69 Å². The number of benzene rings is 1. The summed E-state index contributed by atoms with van der Waals surface area (Å²) in [6.07, 6.45) is 2.28. The van der Waals surface area contributed by atoms with Crippen LogP contribution in [0, 0.1) is 5.92 Å². The number of aliphatic hydroxyl groups excluding tert-OH is 1. The Bertz CT molecular complexity index is 479. The summed E-state index contributed by atoms with van der Waals surface area (Å²) >= 11 is 1.26. The molecule has 5 heteroatoms. The molecule has 1 fully saturated rings. The number of likely N-dealkylation sites (tertiary alicyclic amines) is 1. The van der Waals surface area contributed by atoms with E-state index >= 15 is 0 Å². The maximum atomic E-state index is 11.7. The molecule has 1 unspecified atom stereocenters. The highest BCUT2D eigenvalue weighted by molar-refractivity contribution is 8.13. The molecule has 0 spiro atoms. The van der Waals surface area contributed by atoms with Gasteiger partial charge in [0.05, 0.1) is 0 Å². The average Bonchev–Trinajstić information content (AvgIpc) is 2.47. The average molecular weight is 308 g/mol. The first kappa shape index (κ1) is 16.3. The van der Waals surface area contributed by atoms with E-state index in [1.54, 1.807) is 19.0 Å². The second-order valence-corrected chi connectivity index (χ2v) is 6.86. The Morgan fingerprint density at radius 1 is 1.48 bits per heavy atom. The fraction of sp³-hybridized carbons (Fsp3) is 0.562. The topological polar surface area (TPSA) is 43.8 Å². The minimum Gasteiger partial charge on any atom is -0.396 e. The molecule has 1 aromatic carbocycles. The summed E-state index contributed by atoms with van der Waals surface area (Å²) in [5.74, 6) is 0.409. The minimum atomic E-state index is 0.0467. The van der Waals surface area contributed by atoms with Crippen molar-refractivity contribution in [2.75, 3.05) is 33.8 Å². The van der Waals surface area contributed by atoms with Gasteiger partial charge in [0.1, 0.15) is 0 Å². The molecule has 0 aliphatic carbocycles. The van der Waals surface area contributed by atoms with E-state index in [1.807, 2.05) is 12.1 Å². The van der Waals surface area contributed by atoms with Gasteiger partial charge < -0.3 is 10.0 Å². The van der Waals surface area contributed by atoms with Crippen LogP contribution in [0.3, 0.4) is 0 Å². The molecule has 2 rings (SSSR count). The molecule has 4 nitrogen and oxygen atoms in total. The molecule has 1 atom stereocenters. The number of piperidine rings is 1. The second-order valence-electron chi connectivity index (χ2n) is 5.84. The third kappa shape index (κ3) is 5.02. The third-order valence-electron chi connectivity index (χ3n) is 3.74. The van der Waals surface area contributed by atoms with Crippen LogP contribution in [0.25, 0.3) is 0 Å². The number of carbonyl (C=O) groups excluding carboxylic acids is 1. The molecule has 1 amide bonds. The van der Waals surface area contributed by atoms with E-state index in [9.17, 15) is 9.90 Å². The number of hydrogen-bond acceptors (Lipinski definition) is 4. The number of hydrogen-bond donors (Lipinski definition) is 1. The molecular formula is C16H24N2O2S. The van der Waals surface area contributed by atoms with Crippen molar-refractivity contribution in [3.05, 3.63) is 29.8 Å². The van der Waals surface area contributed by atoms with Gasteiger partial charge in [-0.05, 0) is 54.8 Å². The summed E-state index contributed by atoms with van der Waals surface area (Å²) < 4.78 is 0. The van der Waals surface area contributed by atoms with Crippen LogP contribution in [0.2, 0.25) is 0 Å². The lowest BCUT2D eigenvalue weighted by Crippen LogP contribution is -2.36. The fourth-order valence-corrected chi connectivity index (χ4v) is 3.34. The van der Waals surface area contributed by atoms with Crippen molar-refractivity contribution >= 4 is 17.0 Å². The van der Waals surface area contributed by atoms with Crippen molar-refractivity contribution in [1.82, 2.24) is 9.80 Å². The molecule has 1 heterocycles. The first-order valence-corrected chi connectivity index (χ1v) is 8.21. The van der Waals surface area contributed by atoms with Crippen LogP contribution in [0.15, 0.2) is 29.2 Å². The van der Waals surface area contributed by atoms with E-state index in [-0.39, 0.29) is 11.8 Å². The number of thioether (sulfide) groups is 1. The lowest BCUT2D eigenvalue weighted by molar-refractivity contribution is 0.116. The predicted octanol–water partition coefficient (Wildman–Crippen LogP) is 2.66. The molecule has 1 aliphatic heterocycles. The molecule has 1 aromatic rings. The zero-order valence-electron chi connectivity index (χ0n) is 12.8. The lowest BCUT2D eigenvalue weighted by Gasteiger charge is -2.31. The van der Waals surface area contributed by atoms with Gasteiger partial charge in [0.2, 0.25) is 0 Å². The molecule has 1 N–H and O–H groups in total. The van der Waals surface area contributed by atoms with Crippen LogP contribution in [0.5, 0.6) is 0 Å². The Morgan fingerprint density at radius 3 is 3.00 bits per heavy atom. The van der Waals surface area contributed by atoms with Gasteiger partial charge in [-0.25, -0.2) is 0 Å². The Balaban J connectivity index is 1.96. The van der Waals surface area contributed by atoms with Crippen LogP contribution < -0.4 is 0 Å². The highest BCUT2D eigenvalue weighted by Crippen LogP contribution is 2.23. The quantitative estimate of drug-likeness (QED) is 0.869. The first-order chi connectivity index (χ1) is 10.1. The zero-order chi connectivity index (χ0) is 15.2. The van der Waals surface area contributed by atoms with Gasteiger partial charge >= 0.3 is 0 Å². The molecule has 21 heavy (non-hydrogen) atoms. The van der Waals surface area contributed by atoms with Gasteiger partial charge in [0, 0.05) is 38.7 Å². The van der Waals surface area contributed by atoms with Crippen LogP contribution in [-0.2, 0) is 6.54 Å². The molecule has 116 valence electrons. The van der Waals surface area contributed by atoms with Crippen molar-refractivity contribution in [2.24, 2.45) is 5.92 Å². The van der Waals surface area contributed by atoms with Crippen LogP contribution in [0.1, 0.15) is 18.4 Å². The van der Waals surface area contributed by atoms with Gasteiger partial charge in [0.25, 0.3) is 5.24 Å². The number of nitrogens with zero attached hydrogens (tertiary/aromatic N) is 2. The summed E-state index contributed by atoms with van der Waals surface area (Å²) in [4.78, 5) is 16.7. The van der Waals surface area contributed by atoms with Crippen molar-refractivity contribution in [3.8, 4) is 0 Å². The third-order valence-corrected chi connectivity index (χ3v) is 4.77. The molecule has 1 saturated heterocycles. The number of amides is 1. The molecule has 0 saturated carbocycles. The number of carbonyl (C=O) groups is 1. The Labute approximate surface area is 131 Å². The highest BCUT2D eigenvalue weighted by atomic mass is 32.2. The van der Waals surface area contributed by atoms with Gasteiger partial charge in [-0.15, -0.1) is 0 Å². The lowest BCUT2D eigenvalue weighted by atomic mass is 9.98. The predicted molar refractivity (Wildman–Crippen MR) is 86.5 cm³/mol. The first-order valence-electron chi connectivity index (χ1n) is 7.39. The van der Waals surface area contributed by atoms with E-state index in [0.717, 1.165) is 37.4 Å². The van der Waals surface area contributed by atoms with Gasteiger partial charge in [-0.2, -0.15) is 0 Å². The van der Waals surface area contributed by atoms with E-state index in [2.05, 4.69) is 17.0 Å². The number of rotatable bonds is 4. The summed E-state index contributed by atoms with van der Waals surface area (Å²) in [6, 6.07) is 8.18.